The predicted molar refractivity (Wildman–Crippen MR) is 123 cm³/mol. The van der Waals surface area contributed by atoms with Gasteiger partial charge in [-0.15, -0.1) is 0 Å². The summed E-state index contributed by atoms with van der Waals surface area (Å²) in [4.78, 5) is 27.2. The minimum absolute atomic E-state index is 0.0273. The van der Waals surface area contributed by atoms with Gasteiger partial charge in [-0.1, -0.05) is 56.3 Å². The number of hydrogen-bond donors (Lipinski definition) is 1. The maximum absolute atomic E-state index is 13.2. The van der Waals surface area contributed by atoms with Gasteiger partial charge in [-0.2, -0.15) is 9.57 Å². The third-order valence-corrected chi connectivity index (χ3v) is 7.59. The molecule has 0 spiro atoms. The molecule has 2 aromatic carbocycles. The lowest BCUT2D eigenvalue weighted by Gasteiger charge is -2.36. The Labute approximate surface area is 194 Å². The van der Waals surface area contributed by atoms with E-state index in [4.69, 9.17) is 0 Å². The van der Waals surface area contributed by atoms with E-state index in [9.17, 15) is 23.3 Å². The second-order valence-corrected chi connectivity index (χ2v) is 10.2. The first-order chi connectivity index (χ1) is 15.7. The Hall–Kier alpha value is -3.22. The Morgan fingerprint density at radius 1 is 1.00 bits per heavy atom. The van der Waals surface area contributed by atoms with Crippen LogP contribution in [0.2, 0.25) is 0 Å². The lowest BCUT2D eigenvalue weighted by atomic mass is 10.0. The van der Waals surface area contributed by atoms with Crippen LogP contribution >= 0.6 is 0 Å². The Morgan fingerprint density at radius 3 is 2.21 bits per heavy atom. The summed E-state index contributed by atoms with van der Waals surface area (Å²) in [5, 5.41) is 12.1. The van der Waals surface area contributed by atoms with E-state index in [1.807, 2.05) is 50.2 Å². The number of nitrogens with one attached hydrogen (secondary N) is 1. The van der Waals surface area contributed by atoms with Gasteiger partial charge in [0.15, 0.2) is 0 Å². The van der Waals surface area contributed by atoms with E-state index in [1.165, 1.54) is 16.4 Å². The Balaban J connectivity index is 1.64. The number of hydrogen-bond acceptors (Lipinski definition) is 5. The van der Waals surface area contributed by atoms with Crippen molar-refractivity contribution in [2.45, 2.75) is 31.2 Å². The summed E-state index contributed by atoms with van der Waals surface area (Å²) in [5.74, 6) is -0.579. The molecule has 0 bridgehead atoms. The summed E-state index contributed by atoms with van der Waals surface area (Å²) >= 11 is 0. The van der Waals surface area contributed by atoms with Crippen LogP contribution in [0.3, 0.4) is 0 Å². The van der Waals surface area contributed by atoms with Gasteiger partial charge in [0.2, 0.25) is 21.8 Å². The van der Waals surface area contributed by atoms with Crippen LogP contribution in [0.5, 0.6) is 0 Å². The normalized spacial score (nSPS) is 15.6. The second kappa shape index (κ2) is 10.6. The smallest absolute Gasteiger partial charge is 0.245 e. The summed E-state index contributed by atoms with van der Waals surface area (Å²) in [5.41, 5.74) is 0.957. The number of nitriles is 1. The molecule has 0 unspecified atom stereocenters. The fourth-order valence-corrected chi connectivity index (χ4v) is 5.35. The van der Waals surface area contributed by atoms with E-state index in [2.05, 4.69) is 5.32 Å². The Bertz CT molecular complexity index is 1130. The van der Waals surface area contributed by atoms with Crippen molar-refractivity contribution in [3.63, 3.8) is 0 Å². The van der Waals surface area contributed by atoms with Gasteiger partial charge in [-0.05, 0) is 23.6 Å². The summed E-state index contributed by atoms with van der Waals surface area (Å²) in [6.45, 7) is 4.40. The molecule has 2 amide bonds. The van der Waals surface area contributed by atoms with E-state index < -0.39 is 16.1 Å². The maximum Gasteiger partial charge on any atom is 0.245 e. The molecular formula is C24H28N4O4S. The molecule has 0 saturated carbocycles. The monoisotopic (exact) mass is 468 g/mol. The quantitative estimate of drug-likeness (QED) is 0.666. The van der Waals surface area contributed by atoms with Crippen LogP contribution in [-0.2, 0) is 26.0 Å². The van der Waals surface area contributed by atoms with Crippen molar-refractivity contribution in [3.05, 3.63) is 65.7 Å². The SMILES string of the molecule is CC(C)[C@H](NC(=O)Cc1ccccc1)C(=O)N1CCN(S(=O)(=O)c2ccccc2C#N)CC1. The van der Waals surface area contributed by atoms with Crippen molar-refractivity contribution in [2.24, 2.45) is 5.92 Å². The van der Waals surface area contributed by atoms with E-state index >= 15 is 0 Å². The molecule has 174 valence electrons. The third-order valence-electron chi connectivity index (χ3n) is 5.63. The minimum Gasteiger partial charge on any atom is -0.344 e. The van der Waals surface area contributed by atoms with Gasteiger partial charge in [0, 0.05) is 26.2 Å². The van der Waals surface area contributed by atoms with Crippen LogP contribution in [-0.4, -0.2) is 61.7 Å². The van der Waals surface area contributed by atoms with E-state index in [1.54, 1.807) is 17.0 Å². The van der Waals surface area contributed by atoms with Crippen molar-refractivity contribution < 1.29 is 18.0 Å². The van der Waals surface area contributed by atoms with Gasteiger partial charge in [0.25, 0.3) is 0 Å². The first-order valence-electron chi connectivity index (χ1n) is 10.9. The number of nitrogens with zero attached hydrogens (tertiary/aromatic N) is 3. The van der Waals surface area contributed by atoms with Crippen molar-refractivity contribution in [2.75, 3.05) is 26.2 Å². The van der Waals surface area contributed by atoms with Crippen LogP contribution in [0.1, 0.15) is 25.0 Å². The highest BCUT2D eigenvalue weighted by Crippen LogP contribution is 2.21. The molecule has 33 heavy (non-hydrogen) atoms. The van der Waals surface area contributed by atoms with Gasteiger partial charge in [-0.25, -0.2) is 8.42 Å². The van der Waals surface area contributed by atoms with Gasteiger partial charge >= 0.3 is 0 Å². The third kappa shape index (κ3) is 5.78. The first kappa shape index (κ1) is 24.4. The zero-order valence-corrected chi connectivity index (χ0v) is 19.6. The molecule has 1 N–H and O–H groups in total. The number of piperazine rings is 1. The van der Waals surface area contributed by atoms with Gasteiger partial charge in [-0.3, -0.25) is 9.59 Å². The van der Waals surface area contributed by atoms with Crippen LogP contribution < -0.4 is 5.32 Å². The van der Waals surface area contributed by atoms with Crippen LogP contribution in [0.4, 0.5) is 0 Å². The summed E-state index contributed by atoms with van der Waals surface area (Å²) in [6.07, 6.45) is 0.182. The Morgan fingerprint density at radius 2 is 1.61 bits per heavy atom. The number of rotatable bonds is 7. The van der Waals surface area contributed by atoms with Gasteiger partial charge in [0.1, 0.15) is 12.1 Å². The molecule has 1 heterocycles. The molecule has 1 saturated heterocycles. The average molecular weight is 469 g/mol. The van der Waals surface area contributed by atoms with Crippen molar-refractivity contribution in [1.29, 1.82) is 5.26 Å². The number of amides is 2. The zero-order chi connectivity index (χ0) is 24.0. The molecule has 0 radical (unpaired) electrons. The molecule has 0 aromatic heterocycles. The molecule has 1 atom stereocenters. The van der Waals surface area contributed by atoms with Gasteiger partial charge < -0.3 is 10.2 Å². The molecule has 9 heteroatoms. The van der Waals surface area contributed by atoms with Crippen molar-refractivity contribution in [1.82, 2.24) is 14.5 Å². The minimum atomic E-state index is -3.84. The molecule has 1 aliphatic rings. The molecule has 0 aliphatic carbocycles. The molecule has 2 aromatic rings. The van der Waals surface area contributed by atoms with E-state index in [-0.39, 0.29) is 60.8 Å². The first-order valence-corrected chi connectivity index (χ1v) is 12.3. The van der Waals surface area contributed by atoms with Crippen LogP contribution in [0, 0.1) is 17.2 Å². The number of sulfonamides is 1. The summed E-state index contributed by atoms with van der Waals surface area (Å²) in [7, 11) is -3.84. The highest BCUT2D eigenvalue weighted by Gasteiger charge is 2.34. The fourth-order valence-electron chi connectivity index (χ4n) is 3.79. The molecular weight excluding hydrogens is 440 g/mol. The lowest BCUT2D eigenvalue weighted by Crippen LogP contribution is -2.57. The average Bonchev–Trinajstić information content (AvgIpc) is 2.82. The fraction of sp³-hybridized carbons (Fsp3) is 0.375. The standard InChI is InChI=1S/C24H28N4O4S/c1-18(2)23(26-22(29)16-19-8-4-3-5-9-19)24(30)27-12-14-28(15-13-27)33(31,32)21-11-7-6-10-20(21)17-25/h3-11,18,23H,12-16H2,1-2H3,(H,26,29)/t23-/m0/s1. The van der Waals surface area contributed by atoms with Gasteiger partial charge in [0.05, 0.1) is 16.9 Å². The van der Waals surface area contributed by atoms with Crippen LogP contribution in [0.25, 0.3) is 0 Å². The topological polar surface area (TPSA) is 111 Å². The molecule has 3 rings (SSSR count). The van der Waals surface area contributed by atoms with E-state index in [0.717, 1.165) is 5.56 Å². The lowest BCUT2D eigenvalue weighted by molar-refractivity contribution is -0.138. The number of benzene rings is 2. The molecule has 1 aliphatic heterocycles. The number of carbonyl (C=O) groups excluding carboxylic acids is 2. The highest BCUT2D eigenvalue weighted by atomic mass is 32.2. The van der Waals surface area contributed by atoms with E-state index in [0.29, 0.717) is 0 Å². The van der Waals surface area contributed by atoms with Crippen molar-refractivity contribution in [3.8, 4) is 6.07 Å². The van der Waals surface area contributed by atoms with Crippen molar-refractivity contribution >= 4 is 21.8 Å². The molecule has 1 fully saturated rings. The second-order valence-electron chi connectivity index (χ2n) is 8.29. The van der Waals surface area contributed by atoms with Crippen LogP contribution in [0.15, 0.2) is 59.5 Å². The predicted octanol–water partition coefficient (Wildman–Crippen LogP) is 1.77. The molecule has 8 nitrogen and oxygen atoms in total. The summed E-state index contributed by atoms with van der Waals surface area (Å²) in [6, 6.07) is 16.6. The number of carbonyl (C=O) groups is 2. The summed E-state index contributed by atoms with van der Waals surface area (Å²) < 4.78 is 27.3. The largest absolute Gasteiger partial charge is 0.344 e. The maximum atomic E-state index is 13.2. The highest BCUT2D eigenvalue weighted by molar-refractivity contribution is 7.89. The Kier molecular flexibility index (Phi) is 7.84. The zero-order valence-electron chi connectivity index (χ0n) is 18.8.